The summed E-state index contributed by atoms with van der Waals surface area (Å²) >= 11 is 0. The summed E-state index contributed by atoms with van der Waals surface area (Å²) in [7, 11) is 1.68. The van der Waals surface area contributed by atoms with Gasteiger partial charge in [-0.1, -0.05) is 12.1 Å². The van der Waals surface area contributed by atoms with E-state index in [2.05, 4.69) is 15.3 Å². The molecule has 0 radical (unpaired) electrons. The Balaban J connectivity index is 1.47. The van der Waals surface area contributed by atoms with Gasteiger partial charge in [0, 0.05) is 26.2 Å². The van der Waals surface area contributed by atoms with Crippen LogP contribution < -0.4 is 10.9 Å². The number of carbonyl (C=O) groups excluding carboxylic acids is 2. The van der Waals surface area contributed by atoms with E-state index in [1.807, 2.05) is 0 Å². The van der Waals surface area contributed by atoms with Crippen molar-refractivity contribution in [1.29, 1.82) is 0 Å². The molecule has 0 bridgehead atoms. The minimum absolute atomic E-state index is 0.0329. The smallest absolute Gasteiger partial charge is 0.287 e. The molecule has 2 heterocycles. The number of benzene rings is 1. The zero-order valence-electron chi connectivity index (χ0n) is 15.3. The summed E-state index contributed by atoms with van der Waals surface area (Å²) in [4.78, 5) is 44.4. The number of carbonyl (C=O) groups is 2. The van der Waals surface area contributed by atoms with Crippen LogP contribution in [0, 0.1) is 0 Å². The molecule has 0 atom stereocenters. The number of likely N-dealkylation sites (N-methyl/N-ethyl adjacent to an activating group) is 1. The van der Waals surface area contributed by atoms with Crippen molar-refractivity contribution in [2.24, 2.45) is 0 Å². The van der Waals surface area contributed by atoms with Gasteiger partial charge in [0.15, 0.2) is 5.82 Å². The van der Waals surface area contributed by atoms with Crippen LogP contribution in [-0.2, 0) is 4.79 Å². The summed E-state index contributed by atoms with van der Waals surface area (Å²) < 4.78 is 5.13. The molecule has 2 aromatic heterocycles. The van der Waals surface area contributed by atoms with Gasteiger partial charge in [-0.25, -0.2) is 4.98 Å². The summed E-state index contributed by atoms with van der Waals surface area (Å²) in [5.74, 6) is -0.0572. The molecule has 0 unspecified atom stereocenters. The van der Waals surface area contributed by atoms with E-state index in [9.17, 15) is 14.4 Å². The number of hydrogen-bond acceptors (Lipinski definition) is 5. The zero-order valence-corrected chi connectivity index (χ0v) is 15.3. The summed E-state index contributed by atoms with van der Waals surface area (Å²) in [6, 6.07) is 10.3. The molecule has 0 saturated heterocycles. The third-order valence-electron chi connectivity index (χ3n) is 4.09. The number of aromatic nitrogens is 2. The fourth-order valence-corrected chi connectivity index (χ4v) is 2.57. The van der Waals surface area contributed by atoms with Crippen LogP contribution in [0.25, 0.3) is 17.0 Å². The summed E-state index contributed by atoms with van der Waals surface area (Å²) in [6.07, 6.45) is 5.12. The lowest BCUT2D eigenvalue weighted by Gasteiger charge is -2.15. The maximum atomic E-state index is 12.2. The van der Waals surface area contributed by atoms with Gasteiger partial charge in [0.1, 0.15) is 5.76 Å². The van der Waals surface area contributed by atoms with Gasteiger partial charge >= 0.3 is 0 Å². The van der Waals surface area contributed by atoms with Crippen molar-refractivity contribution < 1.29 is 14.0 Å². The van der Waals surface area contributed by atoms with Crippen molar-refractivity contribution in [3.05, 3.63) is 70.7 Å². The number of furan rings is 1. The average molecular weight is 380 g/mol. The Hall–Kier alpha value is -3.68. The van der Waals surface area contributed by atoms with Crippen LogP contribution in [0.3, 0.4) is 0 Å². The Bertz CT molecular complexity index is 1050. The molecule has 0 spiro atoms. The number of H-pyrrole nitrogens is 1. The Labute approximate surface area is 160 Å². The third-order valence-corrected chi connectivity index (χ3v) is 4.09. The zero-order chi connectivity index (χ0) is 19.9. The quantitative estimate of drug-likeness (QED) is 0.480. The fourth-order valence-electron chi connectivity index (χ4n) is 2.57. The second kappa shape index (κ2) is 8.81. The van der Waals surface area contributed by atoms with E-state index in [-0.39, 0.29) is 17.3 Å². The molecule has 1 aromatic carbocycles. The van der Waals surface area contributed by atoms with Crippen molar-refractivity contribution in [2.75, 3.05) is 20.1 Å². The Morgan fingerprint density at radius 1 is 1.25 bits per heavy atom. The van der Waals surface area contributed by atoms with Crippen LogP contribution in [-0.4, -0.2) is 46.8 Å². The number of aromatic amines is 1. The molecule has 0 aliphatic rings. The molecule has 0 saturated carbocycles. The molecule has 2 N–H and O–H groups in total. The lowest BCUT2D eigenvalue weighted by atomic mass is 10.2. The minimum atomic E-state index is -0.463. The minimum Gasteiger partial charge on any atom is -0.465 e. The molecule has 3 rings (SSSR count). The number of para-hydroxylation sites is 1. The van der Waals surface area contributed by atoms with E-state index in [1.165, 1.54) is 12.3 Å². The summed E-state index contributed by atoms with van der Waals surface area (Å²) in [5, 5.41) is 3.13. The number of nitrogens with one attached hydrogen (secondary N) is 2. The highest BCUT2D eigenvalue weighted by Gasteiger charge is 2.11. The predicted octanol–water partition coefficient (Wildman–Crippen LogP) is 1.81. The van der Waals surface area contributed by atoms with E-state index >= 15 is 0 Å². The molecule has 0 aliphatic heterocycles. The molecule has 8 heteroatoms. The molecular formula is C20H20N4O4. The predicted molar refractivity (Wildman–Crippen MR) is 105 cm³/mol. The SMILES string of the molecule is CN(CCCNC(=O)c1nc2ccccc2c(=O)[nH]1)C(=O)C=Cc1ccco1. The lowest BCUT2D eigenvalue weighted by Crippen LogP contribution is -2.32. The van der Waals surface area contributed by atoms with Gasteiger partial charge in [-0.05, 0) is 36.8 Å². The molecule has 28 heavy (non-hydrogen) atoms. The number of nitrogens with zero attached hydrogens (tertiary/aromatic N) is 2. The van der Waals surface area contributed by atoms with E-state index < -0.39 is 5.91 Å². The van der Waals surface area contributed by atoms with Gasteiger partial charge in [-0.15, -0.1) is 0 Å². The van der Waals surface area contributed by atoms with Gasteiger partial charge in [0.2, 0.25) is 5.91 Å². The third kappa shape index (κ3) is 4.73. The van der Waals surface area contributed by atoms with Crippen molar-refractivity contribution >= 4 is 28.8 Å². The lowest BCUT2D eigenvalue weighted by molar-refractivity contribution is -0.124. The molecule has 8 nitrogen and oxygen atoms in total. The summed E-state index contributed by atoms with van der Waals surface area (Å²) in [6.45, 7) is 0.804. The van der Waals surface area contributed by atoms with E-state index in [1.54, 1.807) is 54.4 Å². The second-order valence-electron chi connectivity index (χ2n) is 6.15. The van der Waals surface area contributed by atoms with Crippen LogP contribution >= 0.6 is 0 Å². The maximum Gasteiger partial charge on any atom is 0.287 e. The van der Waals surface area contributed by atoms with E-state index in [0.717, 1.165) is 0 Å². The van der Waals surface area contributed by atoms with Crippen LogP contribution in [0.4, 0.5) is 0 Å². The Kier molecular flexibility index (Phi) is 6.01. The molecule has 0 aliphatic carbocycles. The normalized spacial score (nSPS) is 11.0. The van der Waals surface area contributed by atoms with Gasteiger partial charge in [-0.3, -0.25) is 14.4 Å². The van der Waals surface area contributed by atoms with Crippen molar-refractivity contribution in [3.63, 3.8) is 0 Å². The van der Waals surface area contributed by atoms with Crippen LogP contribution in [0.2, 0.25) is 0 Å². The topological polar surface area (TPSA) is 108 Å². The highest BCUT2D eigenvalue weighted by Crippen LogP contribution is 2.05. The van der Waals surface area contributed by atoms with Gasteiger partial charge < -0.3 is 19.6 Å². The van der Waals surface area contributed by atoms with Gasteiger partial charge in [0.05, 0.1) is 17.2 Å². The number of hydrogen-bond donors (Lipinski definition) is 2. The number of fused-ring (bicyclic) bond motifs is 1. The van der Waals surface area contributed by atoms with Crippen molar-refractivity contribution in [3.8, 4) is 0 Å². The first-order valence-electron chi connectivity index (χ1n) is 8.78. The standard InChI is InChI=1S/C20H20N4O4/c1-24(17(25)10-9-14-6-4-13-28-14)12-5-11-21-20(27)18-22-16-8-3-2-7-15(16)19(26)23-18/h2-4,6-10,13H,5,11-12H2,1H3,(H,21,27)(H,22,23,26). The van der Waals surface area contributed by atoms with Crippen LogP contribution in [0.15, 0.2) is 57.9 Å². The monoisotopic (exact) mass is 380 g/mol. The molecule has 2 amide bonds. The van der Waals surface area contributed by atoms with Gasteiger partial charge in [-0.2, -0.15) is 0 Å². The molecule has 0 fully saturated rings. The first kappa shape index (κ1) is 19.1. The Morgan fingerprint density at radius 3 is 2.86 bits per heavy atom. The number of amides is 2. The largest absolute Gasteiger partial charge is 0.465 e. The van der Waals surface area contributed by atoms with E-state index in [0.29, 0.717) is 36.2 Å². The number of rotatable bonds is 7. The first-order valence-corrected chi connectivity index (χ1v) is 8.78. The van der Waals surface area contributed by atoms with Crippen LogP contribution in [0.5, 0.6) is 0 Å². The van der Waals surface area contributed by atoms with Gasteiger partial charge in [0.25, 0.3) is 11.5 Å². The second-order valence-corrected chi connectivity index (χ2v) is 6.15. The summed E-state index contributed by atoms with van der Waals surface area (Å²) in [5.41, 5.74) is 0.106. The molecule has 144 valence electrons. The van der Waals surface area contributed by atoms with E-state index in [4.69, 9.17) is 4.42 Å². The van der Waals surface area contributed by atoms with Crippen molar-refractivity contribution in [1.82, 2.24) is 20.2 Å². The molecular weight excluding hydrogens is 360 g/mol. The fraction of sp³-hybridized carbons (Fsp3) is 0.200. The average Bonchev–Trinajstić information content (AvgIpc) is 3.22. The highest BCUT2D eigenvalue weighted by molar-refractivity contribution is 5.92. The Morgan fingerprint density at radius 2 is 2.07 bits per heavy atom. The van der Waals surface area contributed by atoms with Crippen LogP contribution in [0.1, 0.15) is 22.8 Å². The molecule has 3 aromatic rings. The highest BCUT2D eigenvalue weighted by atomic mass is 16.3. The van der Waals surface area contributed by atoms with Crippen molar-refractivity contribution in [2.45, 2.75) is 6.42 Å². The first-order chi connectivity index (χ1) is 13.5. The maximum absolute atomic E-state index is 12.2.